The van der Waals surface area contributed by atoms with Crippen molar-refractivity contribution < 1.29 is 29.3 Å². The normalized spacial score (nSPS) is 21.6. The van der Waals surface area contributed by atoms with E-state index in [1.54, 1.807) is 36.1 Å². The van der Waals surface area contributed by atoms with Gasteiger partial charge in [0, 0.05) is 11.6 Å². The predicted octanol–water partition coefficient (Wildman–Crippen LogP) is 2.26. The van der Waals surface area contributed by atoms with Crippen molar-refractivity contribution in [2.24, 2.45) is 0 Å². The van der Waals surface area contributed by atoms with E-state index in [1.165, 1.54) is 29.2 Å². The molecule has 1 aliphatic carbocycles. The zero-order valence-corrected chi connectivity index (χ0v) is 19.2. The second-order valence-electron chi connectivity index (χ2n) is 9.32. The highest BCUT2D eigenvalue weighted by Crippen LogP contribution is 2.46. The molecule has 0 bridgehead atoms. The molecule has 0 saturated heterocycles. The molecule has 184 valence electrons. The number of nitrogens with zero attached hydrogens (tertiary/aromatic N) is 4. The predicted molar refractivity (Wildman–Crippen MR) is 128 cm³/mol. The highest BCUT2D eigenvalue weighted by atomic mass is 19.1. The Bertz CT molecular complexity index is 1390. The number of carbonyl (C=O) groups excluding carboxylic acids is 2. The first-order chi connectivity index (χ1) is 17.2. The third kappa shape index (κ3) is 3.37. The summed E-state index contributed by atoms with van der Waals surface area (Å²) < 4.78 is 13.7. The number of aromatic nitrogens is 1. The van der Waals surface area contributed by atoms with Crippen LogP contribution in [0.3, 0.4) is 0 Å². The largest absolute Gasteiger partial charge is 0.376 e. The van der Waals surface area contributed by atoms with Crippen LogP contribution in [-0.2, 0) is 4.79 Å². The number of rotatable bonds is 4. The van der Waals surface area contributed by atoms with Gasteiger partial charge in [0.1, 0.15) is 17.7 Å². The number of amides is 2. The van der Waals surface area contributed by atoms with Gasteiger partial charge in [0.2, 0.25) is 0 Å². The Morgan fingerprint density at radius 2 is 1.67 bits per heavy atom. The Hall–Kier alpha value is -3.86. The molecule has 9 nitrogen and oxygen atoms in total. The van der Waals surface area contributed by atoms with E-state index >= 15 is 0 Å². The second kappa shape index (κ2) is 7.82. The van der Waals surface area contributed by atoms with Gasteiger partial charge in [0.15, 0.2) is 5.82 Å². The highest BCUT2D eigenvalue weighted by molar-refractivity contribution is 6.12. The number of fused-ring (bicyclic) bond motifs is 2. The van der Waals surface area contributed by atoms with Crippen molar-refractivity contribution in [1.82, 2.24) is 4.98 Å². The molecule has 2 unspecified atom stereocenters. The molecular formula is C26H23FN4O5. The molecule has 2 atom stereocenters. The molecule has 0 spiro atoms. The average Bonchev–Trinajstić information content (AvgIpc) is 3.63. The van der Waals surface area contributed by atoms with Crippen LogP contribution in [0.5, 0.6) is 0 Å². The Morgan fingerprint density at radius 1 is 0.972 bits per heavy atom. The molecule has 1 fully saturated rings. The lowest BCUT2D eigenvalue weighted by atomic mass is 9.98. The fraction of sp³-hybridized carbons (Fsp3) is 0.269. The smallest absolute Gasteiger partial charge is 0.340 e. The Kier molecular flexibility index (Phi) is 4.91. The summed E-state index contributed by atoms with van der Waals surface area (Å²) in [5.74, 6) is -0.844. The van der Waals surface area contributed by atoms with Crippen LogP contribution in [-0.4, -0.2) is 50.3 Å². The van der Waals surface area contributed by atoms with Crippen LogP contribution in [0.1, 0.15) is 47.3 Å². The maximum atomic E-state index is 13.7. The quantitative estimate of drug-likeness (QED) is 0.480. The minimum Gasteiger partial charge on any atom is -0.340 e. The summed E-state index contributed by atoms with van der Waals surface area (Å²) in [5.41, 5.74) is 1.95. The number of hydrogen-bond donors (Lipinski definition) is 3. The zero-order valence-electron chi connectivity index (χ0n) is 19.2. The molecule has 3 heterocycles. The van der Waals surface area contributed by atoms with Gasteiger partial charge >= 0.3 is 6.10 Å². The molecule has 2 aromatic carbocycles. The van der Waals surface area contributed by atoms with Gasteiger partial charge in [0.25, 0.3) is 11.8 Å². The van der Waals surface area contributed by atoms with Crippen molar-refractivity contribution in [2.75, 3.05) is 14.7 Å². The monoisotopic (exact) mass is 490 g/mol. The lowest BCUT2D eigenvalue weighted by Crippen LogP contribution is -2.62. The standard InChI is InChI=1S/C26H23FN4O5/c1-14-24(32)31(26(34,35)36)20-12-13-21(28-23(20)29(14)17-10-11-17)30-22(15-6-8-16(27)9-7-15)18-4-2-3-5-19(18)25(30)33/h2-9,12-14,17,22,34-36H,10-11H2,1H3. The number of pyridine rings is 1. The molecule has 1 aromatic heterocycles. The molecular weight excluding hydrogens is 467 g/mol. The number of halogens is 1. The van der Waals surface area contributed by atoms with Crippen molar-refractivity contribution in [2.45, 2.75) is 44.0 Å². The molecule has 6 rings (SSSR count). The van der Waals surface area contributed by atoms with E-state index in [9.17, 15) is 29.3 Å². The molecule has 2 amide bonds. The Morgan fingerprint density at radius 3 is 2.33 bits per heavy atom. The van der Waals surface area contributed by atoms with E-state index in [1.807, 2.05) is 12.1 Å². The molecule has 3 aliphatic rings. The fourth-order valence-corrected chi connectivity index (χ4v) is 5.22. The van der Waals surface area contributed by atoms with Crippen molar-refractivity contribution in [3.8, 4) is 0 Å². The van der Waals surface area contributed by atoms with Crippen LogP contribution >= 0.6 is 0 Å². The summed E-state index contributed by atoms with van der Waals surface area (Å²) in [6.45, 7) is 1.61. The first kappa shape index (κ1) is 22.6. The van der Waals surface area contributed by atoms with Crippen LogP contribution in [0, 0.1) is 5.82 Å². The van der Waals surface area contributed by atoms with Gasteiger partial charge in [-0.05, 0) is 61.2 Å². The molecule has 1 saturated carbocycles. The first-order valence-electron chi connectivity index (χ1n) is 11.7. The molecule has 10 heteroatoms. The van der Waals surface area contributed by atoms with Crippen LogP contribution in [0.15, 0.2) is 60.7 Å². The van der Waals surface area contributed by atoms with Gasteiger partial charge in [0.05, 0.1) is 11.7 Å². The second-order valence-corrected chi connectivity index (χ2v) is 9.32. The highest BCUT2D eigenvalue weighted by Gasteiger charge is 2.50. The van der Waals surface area contributed by atoms with Gasteiger partial charge < -0.3 is 20.2 Å². The topological polar surface area (TPSA) is 117 Å². The summed E-state index contributed by atoms with van der Waals surface area (Å²) in [5, 5.41) is 29.8. The number of benzene rings is 2. The average molecular weight is 490 g/mol. The third-order valence-corrected chi connectivity index (χ3v) is 6.96. The van der Waals surface area contributed by atoms with Crippen molar-refractivity contribution in [1.29, 1.82) is 0 Å². The SMILES string of the molecule is CC1C(=O)N(C(O)(O)O)c2ccc(N3C(=O)c4ccccc4C3c3ccc(F)cc3)nc2N1C1CC1. The summed E-state index contributed by atoms with van der Waals surface area (Å²) in [4.78, 5) is 35.1. The summed E-state index contributed by atoms with van der Waals surface area (Å²) in [6.07, 6.45) is -1.76. The van der Waals surface area contributed by atoms with Crippen LogP contribution < -0.4 is 14.7 Å². The van der Waals surface area contributed by atoms with E-state index in [-0.39, 0.29) is 29.3 Å². The minimum atomic E-state index is -3.42. The van der Waals surface area contributed by atoms with E-state index in [4.69, 9.17) is 4.98 Å². The van der Waals surface area contributed by atoms with E-state index in [0.29, 0.717) is 16.0 Å². The molecule has 3 aromatic rings. The molecule has 2 aliphatic heterocycles. The van der Waals surface area contributed by atoms with Crippen LogP contribution in [0.4, 0.5) is 21.7 Å². The molecule has 0 radical (unpaired) electrons. The molecule has 3 N–H and O–H groups in total. The maximum Gasteiger partial charge on any atom is 0.376 e. The number of aliphatic hydroxyl groups is 3. The Labute approximate surface area is 205 Å². The van der Waals surface area contributed by atoms with Crippen molar-refractivity contribution in [3.63, 3.8) is 0 Å². The number of carbonyl (C=O) groups is 2. The summed E-state index contributed by atoms with van der Waals surface area (Å²) in [6, 6.07) is 14.6. The summed E-state index contributed by atoms with van der Waals surface area (Å²) in [7, 11) is 0. The van der Waals surface area contributed by atoms with Gasteiger partial charge in [-0.15, -0.1) is 0 Å². The number of hydrogen-bond acceptors (Lipinski definition) is 7. The van der Waals surface area contributed by atoms with Gasteiger partial charge in [-0.1, -0.05) is 30.3 Å². The third-order valence-electron chi connectivity index (χ3n) is 6.96. The minimum absolute atomic E-state index is 0.0174. The zero-order chi connectivity index (χ0) is 25.4. The van der Waals surface area contributed by atoms with Gasteiger partial charge in [-0.25, -0.2) is 14.3 Å². The maximum absolute atomic E-state index is 13.7. The first-order valence-corrected chi connectivity index (χ1v) is 11.7. The summed E-state index contributed by atoms with van der Waals surface area (Å²) >= 11 is 0. The molecule has 36 heavy (non-hydrogen) atoms. The van der Waals surface area contributed by atoms with Gasteiger partial charge in [-0.2, -0.15) is 0 Å². The lowest BCUT2D eigenvalue weighted by Gasteiger charge is -2.43. The van der Waals surface area contributed by atoms with Crippen LogP contribution in [0.2, 0.25) is 0 Å². The fourth-order valence-electron chi connectivity index (χ4n) is 5.22. The number of anilines is 3. The van der Waals surface area contributed by atoms with E-state index in [0.717, 1.165) is 18.4 Å². The van der Waals surface area contributed by atoms with E-state index in [2.05, 4.69) is 0 Å². The Balaban J connectivity index is 1.52. The van der Waals surface area contributed by atoms with Gasteiger partial charge in [-0.3, -0.25) is 14.5 Å². The van der Waals surface area contributed by atoms with Crippen LogP contribution in [0.25, 0.3) is 0 Å². The van der Waals surface area contributed by atoms with Crippen molar-refractivity contribution >= 4 is 29.1 Å². The van der Waals surface area contributed by atoms with E-state index < -0.39 is 29.9 Å². The van der Waals surface area contributed by atoms with Crippen molar-refractivity contribution in [3.05, 3.63) is 83.2 Å². The lowest BCUT2D eigenvalue weighted by molar-refractivity contribution is -0.306.